The van der Waals surface area contributed by atoms with Crippen molar-refractivity contribution in [1.29, 1.82) is 0 Å². The van der Waals surface area contributed by atoms with Crippen LogP contribution in [0.2, 0.25) is 5.15 Å². The number of halogens is 1. The molecule has 1 aliphatic heterocycles. The number of hydrogen-bond donors (Lipinski definition) is 1. The van der Waals surface area contributed by atoms with E-state index >= 15 is 0 Å². The van der Waals surface area contributed by atoms with Gasteiger partial charge in [-0.2, -0.15) is 0 Å². The van der Waals surface area contributed by atoms with Crippen LogP contribution in [0.5, 0.6) is 0 Å². The number of aromatic nitrogens is 4. The van der Waals surface area contributed by atoms with Gasteiger partial charge in [0, 0.05) is 19.3 Å². The predicted molar refractivity (Wildman–Crippen MR) is 113 cm³/mol. The SMILES string of the molecule is O=C(CSc1nnc(N2CCOCC2)n1-c1ccccc1)Nc1cccnc1Cl. The molecule has 3 heterocycles. The zero-order chi connectivity index (χ0) is 20.1. The van der Waals surface area contributed by atoms with Crippen LogP contribution in [0.3, 0.4) is 0 Å². The average Bonchev–Trinajstić information content (AvgIpc) is 3.19. The summed E-state index contributed by atoms with van der Waals surface area (Å²) in [5.74, 6) is 0.720. The number of hydrogen-bond acceptors (Lipinski definition) is 7. The van der Waals surface area contributed by atoms with Gasteiger partial charge in [0.25, 0.3) is 0 Å². The molecule has 0 bridgehead atoms. The second kappa shape index (κ2) is 9.25. The zero-order valence-corrected chi connectivity index (χ0v) is 17.1. The van der Waals surface area contributed by atoms with E-state index in [0.29, 0.717) is 24.1 Å². The molecule has 0 radical (unpaired) electrons. The Hall–Kier alpha value is -2.62. The fourth-order valence-electron chi connectivity index (χ4n) is 2.92. The summed E-state index contributed by atoms with van der Waals surface area (Å²) in [5.41, 5.74) is 1.43. The second-order valence-electron chi connectivity index (χ2n) is 6.23. The number of benzene rings is 1. The summed E-state index contributed by atoms with van der Waals surface area (Å²) in [5, 5.41) is 12.4. The van der Waals surface area contributed by atoms with E-state index in [0.717, 1.165) is 24.7 Å². The first-order chi connectivity index (χ1) is 14.2. The van der Waals surface area contributed by atoms with Crippen molar-refractivity contribution in [2.75, 3.05) is 42.3 Å². The van der Waals surface area contributed by atoms with Gasteiger partial charge in [-0.05, 0) is 24.3 Å². The number of amides is 1. The lowest BCUT2D eigenvalue weighted by atomic mass is 10.3. The number of ether oxygens (including phenoxy) is 1. The van der Waals surface area contributed by atoms with Gasteiger partial charge in [0.2, 0.25) is 11.9 Å². The summed E-state index contributed by atoms with van der Waals surface area (Å²) in [4.78, 5) is 18.5. The minimum Gasteiger partial charge on any atom is -0.378 e. The summed E-state index contributed by atoms with van der Waals surface area (Å²) >= 11 is 7.32. The molecule has 2 aromatic heterocycles. The van der Waals surface area contributed by atoms with Crippen LogP contribution in [0.15, 0.2) is 53.8 Å². The highest BCUT2D eigenvalue weighted by molar-refractivity contribution is 7.99. The van der Waals surface area contributed by atoms with Crippen molar-refractivity contribution in [3.8, 4) is 5.69 Å². The first-order valence-electron chi connectivity index (χ1n) is 9.09. The molecule has 1 amide bonds. The average molecular weight is 431 g/mol. The van der Waals surface area contributed by atoms with Crippen LogP contribution < -0.4 is 10.2 Å². The van der Waals surface area contributed by atoms with Crippen LogP contribution >= 0.6 is 23.4 Å². The van der Waals surface area contributed by atoms with Gasteiger partial charge in [0.1, 0.15) is 0 Å². The van der Waals surface area contributed by atoms with Gasteiger partial charge in [-0.25, -0.2) is 4.98 Å². The molecular weight excluding hydrogens is 412 g/mol. The fourth-order valence-corrected chi connectivity index (χ4v) is 3.84. The summed E-state index contributed by atoms with van der Waals surface area (Å²) in [6, 6.07) is 13.3. The molecule has 0 unspecified atom stereocenters. The third-order valence-electron chi connectivity index (χ3n) is 4.29. The molecule has 1 saturated heterocycles. The molecule has 3 aromatic rings. The van der Waals surface area contributed by atoms with E-state index in [1.807, 2.05) is 34.9 Å². The molecule has 1 aromatic carbocycles. The van der Waals surface area contributed by atoms with E-state index in [-0.39, 0.29) is 16.8 Å². The summed E-state index contributed by atoms with van der Waals surface area (Å²) in [6.45, 7) is 2.79. The number of thioether (sulfide) groups is 1. The first kappa shape index (κ1) is 19.7. The van der Waals surface area contributed by atoms with Gasteiger partial charge in [0.15, 0.2) is 10.3 Å². The topological polar surface area (TPSA) is 85.2 Å². The smallest absolute Gasteiger partial charge is 0.234 e. The quantitative estimate of drug-likeness (QED) is 0.475. The highest BCUT2D eigenvalue weighted by atomic mass is 35.5. The number of rotatable bonds is 6. The van der Waals surface area contributed by atoms with Gasteiger partial charge >= 0.3 is 0 Å². The monoisotopic (exact) mass is 430 g/mol. The minimum atomic E-state index is -0.194. The molecule has 0 aliphatic carbocycles. The van der Waals surface area contributed by atoms with E-state index in [4.69, 9.17) is 16.3 Å². The Morgan fingerprint density at radius 2 is 1.93 bits per heavy atom. The van der Waals surface area contributed by atoms with Crippen LogP contribution in [-0.2, 0) is 9.53 Å². The maximum Gasteiger partial charge on any atom is 0.234 e. The lowest BCUT2D eigenvalue weighted by Crippen LogP contribution is -2.37. The van der Waals surface area contributed by atoms with Gasteiger partial charge in [-0.15, -0.1) is 10.2 Å². The number of morpholine rings is 1. The normalized spacial score (nSPS) is 14.0. The lowest BCUT2D eigenvalue weighted by molar-refractivity contribution is -0.113. The number of anilines is 2. The highest BCUT2D eigenvalue weighted by Crippen LogP contribution is 2.27. The van der Waals surface area contributed by atoms with Crippen LogP contribution in [-0.4, -0.2) is 57.7 Å². The molecular formula is C19H19ClN6O2S. The van der Waals surface area contributed by atoms with Gasteiger partial charge < -0.3 is 15.0 Å². The maximum absolute atomic E-state index is 12.4. The Balaban J connectivity index is 1.53. The molecule has 4 rings (SSSR count). The molecule has 150 valence electrons. The van der Waals surface area contributed by atoms with Crippen LogP contribution in [0.4, 0.5) is 11.6 Å². The third-order valence-corrected chi connectivity index (χ3v) is 5.52. The van der Waals surface area contributed by atoms with Crippen molar-refractivity contribution >= 4 is 40.9 Å². The summed E-state index contributed by atoms with van der Waals surface area (Å²) in [6.07, 6.45) is 1.57. The second-order valence-corrected chi connectivity index (χ2v) is 7.53. The lowest BCUT2D eigenvalue weighted by Gasteiger charge is -2.27. The fraction of sp³-hybridized carbons (Fsp3) is 0.263. The molecule has 0 spiro atoms. The van der Waals surface area contributed by atoms with Gasteiger partial charge in [0.05, 0.1) is 30.3 Å². The molecule has 1 aliphatic rings. The number of carbonyl (C=O) groups excluding carboxylic acids is 1. The van der Waals surface area contributed by atoms with Crippen molar-refractivity contribution in [3.05, 3.63) is 53.8 Å². The van der Waals surface area contributed by atoms with Crippen molar-refractivity contribution < 1.29 is 9.53 Å². The molecule has 8 nitrogen and oxygen atoms in total. The van der Waals surface area contributed by atoms with E-state index < -0.39 is 0 Å². The van der Waals surface area contributed by atoms with E-state index in [9.17, 15) is 4.79 Å². The van der Waals surface area contributed by atoms with Gasteiger partial charge in [-0.3, -0.25) is 9.36 Å². The van der Waals surface area contributed by atoms with Crippen LogP contribution in [0.1, 0.15) is 0 Å². The largest absolute Gasteiger partial charge is 0.378 e. The van der Waals surface area contributed by atoms with Crippen molar-refractivity contribution in [1.82, 2.24) is 19.7 Å². The predicted octanol–water partition coefficient (Wildman–Crippen LogP) is 2.88. The van der Waals surface area contributed by atoms with Crippen molar-refractivity contribution in [3.63, 3.8) is 0 Å². The summed E-state index contributed by atoms with van der Waals surface area (Å²) in [7, 11) is 0. The molecule has 0 saturated carbocycles. The van der Waals surface area contributed by atoms with E-state index in [2.05, 4.69) is 25.4 Å². The van der Waals surface area contributed by atoms with Gasteiger partial charge in [-0.1, -0.05) is 41.6 Å². The van der Waals surface area contributed by atoms with Crippen LogP contribution in [0.25, 0.3) is 5.69 Å². The standard InChI is InChI=1S/C19H19ClN6O2S/c20-17-15(7-4-8-21-17)22-16(27)13-29-19-24-23-18(25-9-11-28-12-10-25)26(19)14-5-2-1-3-6-14/h1-8H,9-13H2,(H,22,27). The maximum atomic E-state index is 12.4. The Labute approximate surface area is 177 Å². The summed E-state index contributed by atoms with van der Waals surface area (Å²) < 4.78 is 7.42. The molecule has 1 N–H and O–H groups in total. The minimum absolute atomic E-state index is 0.166. The Morgan fingerprint density at radius 1 is 1.14 bits per heavy atom. The number of nitrogens with zero attached hydrogens (tertiary/aromatic N) is 5. The van der Waals surface area contributed by atoms with Crippen molar-refractivity contribution in [2.45, 2.75) is 5.16 Å². The third kappa shape index (κ3) is 4.69. The molecule has 1 fully saturated rings. The van der Waals surface area contributed by atoms with E-state index in [1.165, 1.54) is 11.8 Å². The highest BCUT2D eigenvalue weighted by Gasteiger charge is 2.22. The van der Waals surface area contributed by atoms with Crippen molar-refractivity contribution in [2.24, 2.45) is 0 Å². The molecule has 29 heavy (non-hydrogen) atoms. The van der Waals surface area contributed by atoms with E-state index in [1.54, 1.807) is 18.3 Å². The Morgan fingerprint density at radius 3 is 2.69 bits per heavy atom. The Bertz CT molecular complexity index is 978. The Kier molecular flexibility index (Phi) is 6.28. The molecule has 0 atom stereocenters. The zero-order valence-electron chi connectivity index (χ0n) is 15.5. The number of nitrogens with one attached hydrogen (secondary N) is 1. The van der Waals surface area contributed by atoms with Crippen LogP contribution in [0, 0.1) is 0 Å². The first-order valence-corrected chi connectivity index (χ1v) is 10.5. The number of pyridine rings is 1. The number of para-hydroxylation sites is 1. The molecule has 10 heteroatoms. The number of carbonyl (C=O) groups is 1.